The van der Waals surface area contributed by atoms with E-state index in [1.807, 2.05) is 6.92 Å². The largest absolute Gasteiger partial charge is 0.481 e. The lowest BCUT2D eigenvalue weighted by molar-refractivity contribution is -0.142. The van der Waals surface area contributed by atoms with E-state index in [0.29, 0.717) is 12.8 Å². The van der Waals surface area contributed by atoms with Gasteiger partial charge in [-0.05, 0) is 46.5 Å². The van der Waals surface area contributed by atoms with Gasteiger partial charge in [0.05, 0.1) is 6.10 Å². The standard InChI is InChI=1S/C27H49N9O10/c1-5-6-8-16(34-21(40)14(3)33-25(44)20(28)15(4)37)24(43)35-17(10-11-19(38)39)23(42)32-13(2)22(41)36-18(26(45)46)9-7-12-31-27(29)30/h13-18,20,37H,5-12,28H2,1-4H3,(H,32,42)(H,33,44)(H,34,40)(H,35,43)(H,36,41)(H,38,39)(H,45,46)(H4,29,30,31)/t13-,14-,15-,16+,17+,18+,20+/m1/s1. The Morgan fingerprint density at radius 3 is 1.63 bits per heavy atom. The molecule has 19 heteroatoms. The summed E-state index contributed by atoms with van der Waals surface area (Å²) >= 11 is 0. The lowest BCUT2D eigenvalue weighted by Crippen LogP contribution is -2.59. The van der Waals surface area contributed by atoms with Gasteiger partial charge in [0.15, 0.2) is 5.96 Å². The van der Waals surface area contributed by atoms with Crippen molar-refractivity contribution in [2.24, 2.45) is 11.5 Å². The van der Waals surface area contributed by atoms with Crippen molar-refractivity contribution in [3.8, 4) is 0 Å². The van der Waals surface area contributed by atoms with Crippen LogP contribution in [-0.4, -0.2) is 112 Å². The first kappa shape index (κ1) is 41.5. The lowest BCUT2D eigenvalue weighted by atomic mass is 10.1. The van der Waals surface area contributed by atoms with Crippen LogP contribution in [0.4, 0.5) is 0 Å². The highest BCUT2D eigenvalue weighted by molar-refractivity contribution is 5.96. The van der Waals surface area contributed by atoms with Gasteiger partial charge in [-0.25, -0.2) is 4.79 Å². The molecule has 0 saturated carbocycles. The SMILES string of the molecule is CCCC[C@H](NC(=O)[C@@H](C)NC(=O)[C@@H](N)[C@@H](C)O)C(=O)N[C@@H](CCC(=O)O)C(=O)N[C@H](C)C(=O)N[C@@H](CCCNC(=N)N)C(=O)O. The van der Waals surface area contributed by atoms with E-state index in [4.69, 9.17) is 22.0 Å². The summed E-state index contributed by atoms with van der Waals surface area (Å²) in [6, 6.07) is -7.69. The maximum atomic E-state index is 13.2. The number of hydrogen-bond donors (Lipinski definition) is 12. The summed E-state index contributed by atoms with van der Waals surface area (Å²) in [7, 11) is 0. The highest BCUT2D eigenvalue weighted by atomic mass is 16.4. The first-order chi connectivity index (χ1) is 21.4. The number of carbonyl (C=O) groups excluding carboxylic acids is 5. The molecule has 19 nitrogen and oxygen atoms in total. The third kappa shape index (κ3) is 16.5. The van der Waals surface area contributed by atoms with Gasteiger partial charge in [-0.1, -0.05) is 19.8 Å². The van der Waals surface area contributed by atoms with Gasteiger partial charge in [0, 0.05) is 13.0 Å². The van der Waals surface area contributed by atoms with E-state index in [0.717, 1.165) is 0 Å². The quantitative estimate of drug-likeness (QED) is 0.0306. The number of carboxylic acid groups (broad SMARTS) is 2. The van der Waals surface area contributed by atoms with Crippen molar-refractivity contribution < 1.29 is 48.9 Å². The first-order valence-corrected chi connectivity index (χ1v) is 14.9. The number of aliphatic hydroxyl groups is 1. The molecule has 7 atom stereocenters. The fraction of sp³-hybridized carbons (Fsp3) is 0.704. The molecule has 0 spiro atoms. The Balaban J connectivity index is 5.58. The zero-order valence-electron chi connectivity index (χ0n) is 26.6. The molecule has 0 bridgehead atoms. The van der Waals surface area contributed by atoms with E-state index in [2.05, 4.69) is 31.9 Å². The molecular formula is C27H49N9O10. The van der Waals surface area contributed by atoms with E-state index in [1.165, 1.54) is 20.8 Å². The Morgan fingerprint density at radius 2 is 1.15 bits per heavy atom. The first-order valence-electron chi connectivity index (χ1n) is 14.9. The fourth-order valence-electron chi connectivity index (χ4n) is 3.84. The Labute approximate surface area is 266 Å². The number of carboxylic acids is 2. The van der Waals surface area contributed by atoms with Crippen molar-refractivity contribution in [2.45, 2.75) is 115 Å². The molecule has 0 aliphatic heterocycles. The predicted molar refractivity (Wildman–Crippen MR) is 164 cm³/mol. The third-order valence-corrected chi connectivity index (χ3v) is 6.69. The van der Waals surface area contributed by atoms with E-state index in [-0.39, 0.29) is 38.2 Å². The number of aliphatic hydroxyl groups excluding tert-OH is 1. The van der Waals surface area contributed by atoms with Gasteiger partial charge in [-0.2, -0.15) is 0 Å². The van der Waals surface area contributed by atoms with E-state index in [1.54, 1.807) is 0 Å². The molecule has 5 amide bonds. The minimum absolute atomic E-state index is 0.0140. The molecule has 0 aliphatic rings. The number of unbranched alkanes of at least 4 members (excludes halogenated alkanes) is 1. The van der Waals surface area contributed by atoms with E-state index in [9.17, 15) is 43.8 Å². The van der Waals surface area contributed by atoms with Crippen LogP contribution in [0.2, 0.25) is 0 Å². The highest BCUT2D eigenvalue weighted by Gasteiger charge is 2.31. The number of hydrogen-bond acceptors (Lipinski definition) is 10. The topological polar surface area (TPSA) is 328 Å². The molecule has 0 aromatic rings. The molecule has 0 aliphatic carbocycles. The highest BCUT2D eigenvalue weighted by Crippen LogP contribution is 2.06. The number of rotatable bonds is 22. The van der Waals surface area contributed by atoms with Crippen molar-refractivity contribution in [3.63, 3.8) is 0 Å². The maximum Gasteiger partial charge on any atom is 0.326 e. The van der Waals surface area contributed by atoms with Crippen LogP contribution in [0.1, 0.15) is 72.6 Å². The summed E-state index contributed by atoms with van der Waals surface area (Å²) in [5.41, 5.74) is 10.8. The van der Waals surface area contributed by atoms with Crippen molar-refractivity contribution in [1.29, 1.82) is 5.41 Å². The summed E-state index contributed by atoms with van der Waals surface area (Å²) < 4.78 is 0. The summed E-state index contributed by atoms with van der Waals surface area (Å²) in [5.74, 6) is -7.06. The number of nitrogens with two attached hydrogens (primary N) is 2. The van der Waals surface area contributed by atoms with E-state index >= 15 is 0 Å². The molecule has 0 radical (unpaired) electrons. The van der Waals surface area contributed by atoms with Crippen molar-refractivity contribution >= 4 is 47.4 Å². The smallest absolute Gasteiger partial charge is 0.326 e. The molecule has 14 N–H and O–H groups in total. The zero-order valence-corrected chi connectivity index (χ0v) is 26.6. The summed E-state index contributed by atoms with van der Waals surface area (Å²) in [6.45, 7) is 5.93. The predicted octanol–water partition coefficient (Wildman–Crippen LogP) is -3.44. The zero-order chi connectivity index (χ0) is 35.6. The molecule has 0 aromatic carbocycles. The third-order valence-electron chi connectivity index (χ3n) is 6.69. The second-order valence-electron chi connectivity index (χ2n) is 10.8. The Morgan fingerprint density at radius 1 is 0.696 bits per heavy atom. The maximum absolute atomic E-state index is 13.2. The number of guanidine groups is 1. The van der Waals surface area contributed by atoms with Crippen LogP contribution in [0.5, 0.6) is 0 Å². The summed E-state index contributed by atoms with van der Waals surface area (Å²) in [5, 5.41) is 49.6. The van der Waals surface area contributed by atoms with Crippen molar-refractivity contribution in [2.75, 3.05) is 6.54 Å². The van der Waals surface area contributed by atoms with Crippen LogP contribution in [0, 0.1) is 5.41 Å². The van der Waals surface area contributed by atoms with Gasteiger partial charge in [-0.3, -0.25) is 34.2 Å². The van der Waals surface area contributed by atoms with Crippen molar-refractivity contribution in [1.82, 2.24) is 31.9 Å². The average Bonchev–Trinajstić information content (AvgIpc) is 2.97. The monoisotopic (exact) mass is 659 g/mol. The average molecular weight is 660 g/mol. The summed E-state index contributed by atoms with van der Waals surface area (Å²) in [6.07, 6.45) is -0.614. The van der Waals surface area contributed by atoms with Gasteiger partial charge in [0.2, 0.25) is 29.5 Å². The molecule has 262 valence electrons. The molecule has 0 heterocycles. The number of aliphatic carboxylic acids is 2. The van der Waals surface area contributed by atoms with Gasteiger partial charge >= 0.3 is 11.9 Å². The van der Waals surface area contributed by atoms with Crippen LogP contribution in [0.15, 0.2) is 0 Å². The molecule has 0 fully saturated rings. The number of nitrogens with one attached hydrogen (secondary N) is 7. The molecule has 0 aromatic heterocycles. The molecule has 0 saturated heterocycles. The Bertz CT molecular complexity index is 1090. The lowest BCUT2D eigenvalue weighted by Gasteiger charge is -2.26. The van der Waals surface area contributed by atoms with Crippen LogP contribution >= 0.6 is 0 Å². The van der Waals surface area contributed by atoms with Crippen LogP contribution in [0.25, 0.3) is 0 Å². The number of amides is 5. The molecule has 46 heavy (non-hydrogen) atoms. The van der Waals surface area contributed by atoms with Crippen LogP contribution < -0.4 is 43.4 Å². The Hall–Kier alpha value is -4.52. The second kappa shape index (κ2) is 21.3. The van der Waals surface area contributed by atoms with Gasteiger partial charge < -0.3 is 58.7 Å². The molecular weight excluding hydrogens is 610 g/mol. The minimum atomic E-state index is -1.45. The number of carbonyl (C=O) groups is 7. The van der Waals surface area contributed by atoms with Crippen LogP contribution in [0.3, 0.4) is 0 Å². The van der Waals surface area contributed by atoms with Gasteiger partial charge in [-0.15, -0.1) is 0 Å². The van der Waals surface area contributed by atoms with E-state index < -0.39 is 90.3 Å². The normalized spacial score (nSPS) is 15.3. The minimum Gasteiger partial charge on any atom is -0.481 e. The fourth-order valence-corrected chi connectivity index (χ4v) is 3.84. The van der Waals surface area contributed by atoms with Crippen molar-refractivity contribution in [3.05, 3.63) is 0 Å². The summed E-state index contributed by atoms with van der Waals surface area (Å²) in [4.78, 5) is 86.7. The Kier molecular flexibility index (Phi) is 19.2. The van der Waals surface area contributed by atoms with Gasteiger partial charge in [0.25, 0.3) is 0 Å². The second-order valence-corrected chi connectivity index (χ2v) is 10.8. The molecule has 0 unspecified atom stereocenters. The molecule has 0 rings (SSSR count). The van der Waals surface area contributed by atoms with Crippen LogP contribution in [-0.2, 0) is 33.6 Å². The van der Waals surface area contributed by atoms with Gasteiger partial charge in [0.1, 0.15) is 36.3 Å².